The molecule has 1 spiro atoms. The molecule has 33 heavy (non-hydrogen) atoms. The zero-order valence-electron chi connectivity index (χ0n) is 17.9. The van der Waals surface area contributed by atoms with E-state index in [2.05, 4.69) is 18.0 Å². The van der Waals surface area contributed by atoms with Crippen LogP contribution in [0.3, 0.4) is 0 Å². The Labute approximate surface area is 189 Å². The van der Waals surface area contributed by atoms with Crippen LogP contribution in [0.5, 0.6) is 11.5 Å². The van der Waals surface area contributed by atoms with Crippen LogP contribution in [0.15, 0.2) is 24.3 Å². The number of hydrogen-bond donors (Lipinski definition) is 5. The molecule has 5 N–H and O–H groups in total. The summed E-state index contributed by atoms with van der Waals surface area (Å²) in [5, 5.41) is 50.5. The molecule has 10 nitrogen and oxygen atoms in total. The molecule has 0 unspecified atom stereocenters. The number of aliphatic hydroxyl groups excluding tert-OH is 3. The highest BCUT2D eigenvalue weighted by Crippen LogP contribution is 2.62. The van der Waals surface area contributed by atoms with Crippen LogP contribution in [0.1, 0.15) is 17.5 Å². The highest BCUT2D eigenvalue weighted by molar-refractivity contribution is 5.73. The fourth-order valence-electron chi connectivity index (χ4n) is 6.66. The van der Waals surface area contributed by atoms with Crippen molar-refractivity contribution in [3.8, 4) is 11.5 Å². The Morgan fingerprint density at radius 1 is 1.18 bits per heavy atom. The summed E-state index contributed by atoms with van der Waals surface area (Å²) in [4.78, 5) is 13.8. The van der Waals surface area contributed by atoms with Crippen LogP contribution in [-0.2, 0) is 26.1 Å². The van der Waals surface area contributed by atoms with Crippen molar-refractivity contribution in [2.75, 3.05) is 13.6 Å². The van der Waals surface area contributed by atoms with Crippen LogP contribution in [0.2, 0.25) is 0 Å². The van der Waals surface area contributed by atoms with Crippen molar-refractivity contribution in [2.24, 2.45) is 5.92 Å². The molecule has 0 aromatic heterocycles. The largest absolute Gasteiger partial charge is 0.504 e. The topological polar surface area (TPSA) is 149 Å². The van der Waals surface area contributed by atoms with Gasteiger partial charge in [-0.05, 0) is 38.1 Å². The summed E-state index contributed by atoms with van der Waals surface area (Å²) in [6.45, 7) is 0.838. The van der Waals surface area contributed by atoms with E-state index in [1.54, 1.807) is 6.07 Å². The van der Waals surface area contributed by atoms with Gasteiger partial charge in [-0.15, -0.1) is 0 Å². The van der Waals surface area contributed by atoms with Gasteiger partial charge in [0, 0.05) is 22.9 Å². The third-order valence-electron chi connectivity index (χ3n) is 8.23. The molecule has 10 heteroatoms. The van der Waals surface area contributed by atoms with Crippen molar-refractivity contribution in [2.45, 2.75) is 67.2 Å². The number of carbonyl (C=O) groups is 1. The lowest BCUT2D eigenvalue weighted by atomic mass is 9.53. The van der Waals surface area contributed by atoms with Gasteiger partial charge in [0.15, 0.2) is 23.9 Å². The second kappa shape index (κ2) is 7.14. The van der Waals surface area contributed by atoms with Gasteiger partial charge in [-0.2, -0.15) is 0 Å². The highest BCUT2D eigenvalue weighted by Gasteiger charge is 2.65. The molecular formula is C23H27NO9. The molecule has 2 saturated heterocycles. The van der Waals surface area contributed by atoms with E-state index in [1.165, 1.54) is 0 Å². The van der Waals surface area contributed by atoms with Crippen LogP contribution < -0.4 is 4.74 Å². The van der Waals surface area contributed by atoms with Crippen molar-refractivity contribution < 1.29 is 44.5 Å². The Hall–Kier alpha value is -2.21. The van der Waals surface area contributed by atoms with Crippen molar-refractivity contribution in [3.05, 3.63) is 35.4 Å². The number of aliphatic hydroxyl groups is 3. The maximum atomic E-state index is 11.5. The fraction of sp³-hybridized carbons (Fsp3) is 0.609. The van der Waals surface area contributed by atoms with Gasteiger partial charge in [0.1, 0.15) is 30.5 Å². The van der Waals surface area contributed by atoms with Gasteiger partial charge in [0.25, 0.3) is 0 Å². The Bertz CT molecular complexity index is 1030. The zero-order valence-corrected chi connectivity index (χ0v) is 17.9. The molecule has 0 saturated carbocycles. The fourth-order valence-corrected chi connectivity index (χ4v) is 6.66. The molecule has 1 aromatic carbocycles. The number of piperidine rings is 1. The lowest BCUT2D eigenvalue weighted by Gasteiger charge is -2.57. The van der Waals surface area contributed by atoms with E-state index in [0.717, 1.165) is 30.5 Å². The summed E-state index contributed by atoms with van der Waals surface area (Å²) in [7, 11) is 2.11. The Morgan fingerprint density at radius 2 is 1.97 bits per heavy atom. The number of phenols is 1. The molecular weight excluding hydrogens is 434 g/mol. The number of likely N-dealkylation sites (tertiary alicyclic amines) is 1. The number of ether oxygens (including phenoxy) is 3. The summed E-state index contributed by atoms with van der Waals surface area (Å²) in [5.74, 6) is -0.824. The van der Waals surface area contributed by atoms with Crippen LogP contribution in [0.25, 0.3) is 0 Å². The Balaban J connectivity index is 1.38. The number of benzene rings is 1. The first-order chi connectivity index (χ1) is 15.7. The molecule has 2 bridgehead atoms. The minimum Gasteiger partial charge on any atom is -0.504 e. The van der Waals surface area contributed by atoms with Gasteiger partial charge < -0.3 is 44.6 Å². The number of hydrogen-bond acceptors (Lipinski definition) is 9. The lowest BCUT2D eigenvalue weighted by molar-refractivity contribution is -0.307. The zero-order chi connectivity index (χ0) is 23.2. The number of likely N-dealkylation sites (N-methyl/N-ethyl adjacent to an activating group) is 1. The molecule has 0 radical (unpaired) electrons. The number of carboxylic acids is 1. The smallest absolute Gasteiger partial charge is 0.335 e. The van der Waals surface area contributed by atoms with Crippen LogP contribution in [-0.4, -0.2) is 98.9 Å². The summed E-state index contributed by atoms with van der Waals surface area (Å²) in [5.41, 5.74) is 1.69. The van der Waals surface area contributed by atoms with E-state index in [4.69, 9.17) is 14.2 Å². The van der Waals surface area contributed by atoms with Crippen molar-refractivity contribution in [1.29, 1.82) is 0 Å². The van der Waals surface area contributed by atoms with E-state index < -0.39 is 54.3 Å². The van der Waals surface area contributed by atoms with E-state index >= 15 is 0 Å². The normalized spacial score (nSPS) is 45.4. The van der Waals surface area contributed by atoms with E-state index in [1.807, 2.05) is 12.1 Å². The molecule has 3 heterocycles. The standard InChI is InChI=1S/C23H27NO9/c1-24-7-6-23-10-3-5-13(31-22-17(28)15(26)16(27)19(33-22)21(29)30)20(23)32-18-12(25)4-2-9(14(18)23)8-11(10)24/h2-5,10-11,13,15-17,19-20,22,25-28H,6-8H2,1H3,(H,29,30)/t10-,11+,13+,15-,16-,17+,19-,20-,22+,23-/m0/s1. The number of rotatable bonds is 3. The van der Waals surface area contributed by atoms with Crippen molar-refractivity contribution >= 4 is 5.97 Å². The molecule has 2 fully saturated rings. The number of aliphatic carboxylic acids is 1. The van der Waals surface area contributed by atoms with Gasteiger partial charge in [-0.3, -0.25) is 0 Å². The second-order valence-electron chi connectivity index (χ2n) is 9.78. The van der Waals surface area contributed by atoms with Crippen molar-refractivity contribution in [1.82, 2.24) is 4.90 Å². The molecule has 3 aliphatic heterocycles. The average Bonchev–Trinajstić information content (AvgIpc) is 3.14. The summed E-state index contributed by atoms with van der Waals surface area (Å²) in [6, 6.07) is 3.85. The first-order valence-electron chi connectivity index (χ1n) is 11.2. The SMILES string of the molecule is CN1CC[C@]23c4c5ccc(O)c4O[C@H]2[C@H](O[C@@H]2O[C@H](C(=O)O)[C@@H](O)[C@H](O)[C@H]2O)C=C[C@H]3[C@H]1C5. The van der Waals surface area contributed by atoms with E-state index in [-0.39, 0.29) is 17.7 Å². The maximum Gasteiger partial charge on any atom is 0.335 e. The minimum atomic E-state index is -1.79. The first kappa shape index (κ1) is 21.3. The minimum absolute atomic E-state index is 0.0610. The van der Waals surface area contributed by atoms with Gasteiger partial charge in [-0.25, -0.2) is 4.79 Å². The van der Waals surface area contributed by atoms with E-state index in [0.29, 0.717) is 5.75 Å². The Morgan fingerprint density at radius 3 is 2.73 bits per heavy atom. The highest BCUT2D eigenvalue weighted by atomic mass is 16.7. The van der Waals surface area contributed by atoms with Crippen LogP contribution in [0, 0.1) is 5.92 Å². The number of aromatic hydroxyl groups is 1. The van der Waals surface area contributed by atoms with Gasteiger partial charge in [0.05, 0.1) is 0 Å². The Kier molecular flexibility index (Phi) is 4.62. The maximum absolute atomic E-state index is 11.5. The van der Waals surface area contributed by atoms with Gasteiger partial charge in [0.2, 0.25) is 0 Å². The molecule has 178 valence electrons. The van der Waals surface area contributed by atoms with E-state index in [9.17, 15) is 30.3 Å². The quantitative estimate of drug-likeness (QED) is 0.359. The number of phenolic OH excluding ortho intramolecular Hbond substituents is 1. The van der Waals surface area contributed by atoms with Gasteiger partial charge in [-0.1, -0.05) is 18.2 Å². The van der Waals surface area contributed by atoms with Crippen molar-refractivity contribution in [3.63, 3.8) is 0 Å². The van der Waals surface area contributed by atoms with Crippen LogP contribution in [0.4, 0.5) is 0 Å². The predicted octanol–water partition coefficient (Wildman–Crippen LogP) is -0.885. The van der Waals surface area contributed by atoms with Crippen LogP contribution >= 0.6 is 0 Å². The molecule has 6 rings (SSSR count). The molecule has 10 atom stereocenters. The number of nitrogens with zero attached hydrogens (tertiary/aromatic N) is 1. The predicted molar refractivity (Wildman–Crippen MR) is 111 cm³/mol. The first-order valence-corrected chi connectivity index (χ1v) is 11.2. The summed E-state index contributed by atoms with van der Waals surface area (Å²) < 4.78 is 17.7. The molecule has 1 aromatic rings. The average molecular weight is 461 g/mol. The lowest BCUT2D eigenvalue weighted by Crippen LogP contribution is -2.66. The third-order valence-corrected chi connectivity index (χ3v) is 8.23. The summed E-state index contributed by atoms with van der Waals surface area (Å²) in [6.07, 6.45) is -4.16. The molecule has 2 aliphatic carbocycles. The molecule has 5 aliphatic rings. The molecule has 0 amide bonds. The third kappa shape index (κ3) is 2.73. The summed E-state index contributed by atoms with van der Waals surface area (Å²) >= 11 is 0. The number of carboxylic acid groups (broad SMARTS) is 1. The monoisotopic (exact) mass is 461 g/mol. The second-order valence-corrected chi connectivity index (χ2v) is 9.78. The van der Waals surface area contributed by atoms with Gasteiger partial charge >= 0.3 is 5.97 Å².